The van der Waals surface area contributed by atoms with E-state index in [4.69, 9.17) is 97.4 Å². The molecule has 0 aliphatic carbocycles. The molecule has 0 rings (SSSR count). The second-order valence-electron chi connectivity index (χ2n) is 9.79. The maximum Gasteiger partial charge on any atom is 0.107 e. The molecule has 0 atom stereocenters. The van der Waals surface area contributed by atoms with E-state index >= 15 is 0 Å². The van der Waals surface area contributed by atoms with Crippen LogP contribution in [0.25, 0.3) is 0 Å². The van der Waals surface area contributed by atoms with Crippen molar-refractivity contribution in [1.29, 1.82) is 0 Å². The topological polar surface area (TPSA) is 88.1 Å². The molecule has 284 valence electrons. The summed E-state index contributed by atoms with van der Waals surface area (Å²) < 4.78 is 37.4. The van der Waals surface area contributed by atoms with Crippen LogP contribution < -0.4 is 0 Å². The molecule has 0 amide bonds. The van der Waals surface area contributed by atoms with Gasteiger partial charge < -0.3 is 38.3 Å². The van der Waals surface area contributed by atoms with Crippen molar-refractivity contribution >= 4 is 0 Å². The molecule has 9 heteroatoms. The van der Waals surface area contributed by atoms with E-state index in [1.54, 1.807) is 0 Å². The van der Waals surface area contributed by atoms with E-state index in [2.05, 4.69) is 59.2 Å². The molecule has 0 aromatic heterocycles. The van der Waals surface area contributed by atoms with Gasteiger partial charge in [-0.15, -0.1) is 64.2 Å². The van der Waals surface area contributed by atoms with Crippen LogP contribution in [0, 0.1) is 134 Å². The highest BCUT2D eigenvalue weighted by atomic mass is 16.5. The minimum absolute atomic E-state index is 0. The number of terminal acetylenes is 10. The van der Waals surface area contributed by atoms with Crippen LogP contribution in [-0.4, -0.2) is 129 Å². The fourth-order valence-corrected chi connectivity index (χ4v) is 3.35. The zero-order chi connectivity index (χ0) is 37.3. The molecular formula is C43H59NO8. The summed E-state index contributed by atoms with van der Waals surface area (Å²) in [5.74, 6) is 24.1. The number of aliphatic hydroxyl groups excluding tert-OH is 1. The number of nitrogens with zero attached hydrogens (tertiary/aromatic N) is 1. The second kappa shape index (κ2) is 46.2. The Balaban J connectivity index is -0.000000156. The molecule has 0 radical (unpaired) electrons. The zero-order valence-electron chi connectivity index (χ0n) is 28.3. The molecular weight excluding hydrogens is 658 g/mol. The van der Waals surface area contributed by atoms with Gasteiger partial charge in [0.15, 0.2) is 0 Å². The van der Waals surface area contributed by atoms with E-state index in [0.717, 1.165) is 0 Å². The predicted octanol–water partition coefficient (Wildman–Crippen LogP) is 2.58. The summed E-state index contributed by atoms with van der Waals surface area (Å²) in [5, 5.41) is 9.48. The lowest BCUT2D eigenvalue weighted by Crippen LogP contribution is -2.42. The van der Waals surface area contributed by atoms with Crippen LogP contribution in [0.15, 0.2) is 0 Å². The minimum Gasteiger partial charge on any atom is -0.396 e. The third-order valence-corrected chi connectivity index (χ3v) is 5.44. The first kappa shape index (κ1) is 59.4. The highest BCUT2D eigenvalue weighted by Gasteiger charge is 2.33. The molecule has 0 saturated carbocycles. The SMILES string of the molecule is C.C.C.C#CCN(CC#C)CC#C.C#CCOCC(CO)(COCC#C)COCC#C.C#CCOCC(COCC#C)(COCC#C)COCC#C. The molecule has 0 spiro atoms. The quantitative estimate of drug-likeness (QED) is 0.113. The first-order valence-electron chi connectivity index (χ1n) is 14.6. The Labute approximate surface area is 317 Å². The Bertz CT molecular complexity index is 1090. The lowest BCUT2D eigenvalue weighted by molar-refractivity contribution is -0.0920. The third-order valence-electron chi connectivity index (χ3n) is 5.44. The van der Waals surface area contributed by atoms with Crippen molar-refractivity contribution in [2.24, 2.45) is 10.8 Å². The molecule has 9 nitrogen and oxygen atoms in total. The number of ether oxygens (including phenoxy) is 7. The van der Waals surface area contributed by atoms with Gasteiger partial charge in [-0.05, 0) is 0 Å². The number of hydrogen-bond acceptors (Lipinski definition) is 9. The van der Waals surface area contributed by atoms with Crippen LogP contribution in [-0.2, 0) is 33.2 Å². The predicted molar refractivity (Wildman–Crippen MR) is 213 cm³/mol. The van der Waals surface area contributed by atoms with Crippen LogP contribution in [0.4, 0.5) is 0 Å². The Morgan fingerprint density at radius 2 is 0.538 bits per heavy atom. The van der Waals surface area contributed by atoms with Gasteiger partial charge in [0.25, 0.3) is 0 Å². The van der Waals surface area contributed by atoms with E-state index in [-0.39, 0.29) is 121 Å². The Morgan fingerprint density at radius 3 is 0.692 bits per heavy atom. The molecule has 0 aliphatic rings. The average molecular weight is 718 g/mol. The summed E-state index contributed by atoms with van der Waals surface area (Å²) in [5.41, 5.74) is -1.27. The fourth-order valence-electron chi connectivity index (χ4n) is 3.35. The van der Waals surface area contributed by atoms with Crippen molar-refractivity contribution in [1.82, 2.24) is 4.90 Å². The van der Waals surface area contributed by atoms with Crippen LogP contribution in [0.1, 0.15) is 22.3 Å². The normalized spacial score (nSPS) is 9.15. The first-order chi connectivity index (χ1) is 23.8. The van der Waals surface area contributed by atoms with Crippen LogP contribution in [0.3, 0.4) is 0 Å². The van der Waals surface area contributed by atoms with Gasteiger partial charge in [-0.25, -0.2) is 0 Å². The Kier molecular flexibility index (Phi) is 52.8. The third kappa shape index (κ3) is 36.5. The molecule has 0 aliphatic heterocycles. The molecule has 0 saturated heterocycles. The van der Waals surface area contributed by atoms with Crippen molar-refractivity contribution in [2.75, 3.05) is 119 Å². The number of aliphatic hydroxyl groups is 1. The molecule has 0 aromatic rings. The first-order valence-corrected chi connectivity index (χ1v) is 14.6. The van der Waals surface area contributed by atoms with Crippen LogP contribution in [0.2, 0.25) is 0 Å². The lowest BCUT2D eigenvalue weighted by atomic mass is 9.92. The summed E-state index contributed by atoms with van der Waals surface area (Å²) >= 11 is 0. The smallest absolute Gasteiger partial charge is 0.107 e. The van der Waals surface area contributed by atoms with Crippen molar-refractivity contribution in [3.05, 3.63) is 0 Å². The second-order valence-corrected chi connectivity index (χ2v) is 9.79. The standard InChI is InChI=1S/C17H20O4.C14H18O4.C9H9N.3CH4/c1-5-9-18-13-17(14-19-10-6-2,15-20-11-7-3)16-21-12-8-4;1-4-7-16-11-14(10-15,12-17-8-5-2)13-18-9-6-3;1-4-7-10(8-5-2)9-6-3;;;/h1-4H,9-16H2;1-3,15H,7-13H2;1-3H,7-9H2;3*1H4. The zero-order valence-corrected chi connectivity index (χ0v) is 28.3. The number of hydrogen-bond donors (Lipinski definition) is 1. The van der Waals surface area contributed by atoms with E-state index in [1.165, 1.54) is 0 Å². The molecule has 52 heavy (non-hydrogen) atoms. The molecule has 0 fully saturated rings. The average Bonchev–Trinajstić information content (AvgIpc) is 3.10. The van der Waals surface area contributed by atoms with E-state index < -0.39 is 10.8 Å². The number of rotatable bonds is 25. The summed E-state index contributed by atoms with van der Waals surface area (Å²) in [6.07, 6.45) is 51.2. The van der Waals surface area contributed by atoms with Crippen molar-refractivity contribution in [3.8, 4) is 123 Å². The van der Waals surface area contributed by atoms with E-state index in [1.807, 2.05) is 4.90 Å². The van der Waals surface area contributed by atoms with Gasteiger partial charge >= 0.3 is 0 Å². The summed E-state index contributed by atoms with van der Waals surface area (Å²) in [6, 6.07) is 0. The molecule has 0 bridgehead atoms. The van der Waals surface area contributed by atoms with Gasteiger partial charge in [-0.2, -0.15) is 0 Å². The largest absolute Gasteiger partial charge is 0.396 e. The Morgan fingerprint density at radius 1 is 0.346 bits per heavy atom. The molecule has 0 aromatic carbocycles. The van der Waals surface area contributed by atoms with Gasteiger partial charge in [0.2, 0.25) is 0 Å². The monoisotopic (exact) mass is 717 g/mol. The van der Waals surface area contributed by atoms with Gasteiger partial charge in [-0.3, -0.25) is 4.90 Å². The molecule has 0 unspecified atom stereocenters. The van der Waals surface area contributed by atoms with Crippen molar-refractivity contribution in [3.63, 3.8) is 0 Å². The van der Waals surface area contributed by atoms with Gasteiger partial charge in [0.05, 0.1) is 83.3 Å². The molecule has 1 N–H and O–H groups in total. The highest BCUT2D eigenvalue weighted by Crippen LogP contribution is 2.21. The van der Waals surface area contributed by atoms with Gasteiger partial charge in [0.1, 0.15) is 46.2 Å². The van der Waals surface area contributed by atoms with Crippen molar-refractivity contribution in [2.45, 2.75) is 22.3 Å². The summed E-state index contributed by atoms with van der Waals surface area (Å²) in [7, 11) is 0. The van der Waals surface area contributed by atoms with Gasteiger partial charge in [0, 0.05) is 0 Å². The summed E-state index contributed by atoms with van der Waals surface area (Å²) in [6.45, 7) is 4.38. The van der Waals surface area contributed by atoms with Crippen molar-refractivity contribution < 1.29 is 38.3 Å². The maximum absolute atomic E-state index is 9.48. The molecule has 0 heterocycles. The maximum atomic E-state index is 9.48. The summed E-state index contributed by atoms with van der Waals surface area (Å²) in [4.78, 5) is 1.83. The fraction of sp³-hybridized carbons (Fsp3) is 0.535. The van der Waals surface area contributed by atoms with E-state index in [0.29, 0.717) is 19.6 Å². The van der Waals surface area contributed by atoms with Crippen LogP contribution >= 0.6 is 0 Å². The van der Waals surface area contributed by atoms with Gasteiger partial charge in [-0.1, -0.05) is 81.5 Å². The minimum atomic E-state index is -0.704. The van der Waals surface area contributed by atoms with Crippen LogP contribution in [0.5, 0.6) is 0 Å². The van der Waals surface area contributed by atoms with E-state index in [9.17, 15) is 5.11 Å². The highest BCUT2D eigenvalue weighted by molar-refractivity contribution is 4.99. The Hall–Kier alpha value is -4.76. The lowest BCUT2D eigenvalue weighted by Gasteiger charge is -2.32.